The summed E-state index contributed by atoms with van der Waals surface area (Å²) in [5, 5.41) is 3.24. The van der Waals surface area contributed by atoms with Crippen LogP contribution in [0.4, 0.5) is 17.6 Å². The minimum atomic E-state index is -1.50. The van der Waals surface area contributed by atoms with Gasteiger partial charge in [-0.3, -0.25) is 0 Å². The molecule has 118 valence electrons. The van der Waals surface area contributed by atoms with Crippen LogP contribution in [0.3, 0.4) is 0 Å². The Balaban J connectivity index is 1.83. The van der Waals surface area contributed by atoms with Gasteiger partial charge in [-0.1, -0.05) is 25.7 Å². The Morgan fingerprint density at radius 3 is 2.10 bits per heavy atom. The zero-order valence-electron chi connectivity index (χ0n) is 11.7. The highest BCUT2D eigenvalue weighted by Gasteiger charge is 2.20. The van der Waals surface area contributed by atoms with Crippen LogP contribution in [0.2, 0.25) is 0 Å². The van der Waals surface area contributed by atoms with Crippen LogP contribution in [-0.2, 0) is 0 Å². The summed E-state index contributed by atoms with van der Waals surface area (Å²) in [6, 6.07) is 0.538. The van der Waals surface area contributed by atoms with Crippen molar-refractivity contribution in [2.75, 3.05) is 13.2 Å². The van der Waals surface area contributed by atoms with Crippen molar-refractivity contribution in [3.05, 3.63) is 29.3 Å². The number of ether oxygens (including phenoxy) is 1. The van der Waals surface area contributed by atoms with E-state index in [0.717, 1.165) is 25.7 Å². The molecule has 1 aromatic rings. The van der Waals surface area contributed by atoms with Gasteiger partial charge in [0.25, 0.3) is 0 Å². The largest absolute Gasteiger partial charge is 0.486 e. The molecule has 1 aliphatic rings. The van der Waals surface area contributed by atoms with Crippen molar-refractivity contribution in [3.63, 3.8) is 0 Å². The maximum Gasteiger partial charge on any atom is 0.203 e. The lowest BCUT2D eigenvalue weighted by atomic mass is 10.1. The van der Waals surface area contributed by atoms with Gasteiger partial charge in [-0.15, -0.1) is 0 Å². The highest BCUT2D eigenvalue weighted by atomic mass is 19.2. The molecule has 0 amide bonds. The number of hydrogen-bond acceptors (Lipinski definition) is 2. The van der Waals surface area contributed by atoms with E-state index in [2.05, 4.69) is 5.32 Å². The highest BCUT2D eigenvalue weighted by molar-refractivity contribution is 5.28. The maximum atomic E-state index is 13.4. The van der Waals surface area contributed by atoms with Crippen LogP contribution in [0.5, 0.6) is 5.75 Å². The summed E-state index contributed by atoms with van der Waals surface area (Å²) in [6.07, 6.45) is 6.92. The molecule has 0 spiro atoms. The molecule has 0 heterocycles. The monoisotopic (exact) mass is 305 g/mol. The zero-order chi connectivity index (χ0) is 15.2. The average molecular weight is 305 g/mol. The summed E-state index contributed by atoms with van der Waals surface area (Å²) >= 11 is 0. The van der Waals surface area contributed by atoms with Crippen LogP contribution in [-0.4, -0.2) is 19.2 Å². The van der Waals surface area contributed by atoms with Gasteiger partial charge in [0.1, 0.15) is 6.61 Å². The molecule has 0 atom stereocenters. The highest BCUT2D eigenvalue weighted by Crippen LogP contribution is 2.26. The lowest BCUT2D eigenvalue weighted by Gasteiger charge is -2.16. The molecule has 1 aliphatic carbocycles. The summed E-state index contributed by atoms with van der Waals surface area (Å²) in [4.78, 5) is 0. The molecule has 0 saturated heterocycles. The summed E-state index contributed by atoms with van der Waals surface area (Å²) in [5.74, 6) is -6.90. The van der Waals surface area contributed by atoms with Gasteiger partial charge in [0.05, 0.1) is 0 Å². The predicted octanol–water partition coefficient (Wildman–Crippen LogP) is 3.93. The second-order valence-electron chi connectivity index (χ2n) is 5.29. The van der Waals surface area contributed by atoms with Gasteiger partial charge in [-0.05, 0) is 12.8 Å². The molecular weight excluding hydrogens is 286 g/mol. The Bertz CT molecular complexity index is 447. The molecule has 0 bridgehead atoms. The first kappa shape index (κ1) is 16.1. The van der Waals surface area contributed by atoms with E-state index in [1.54, 1.807) is 0 Å². The molecule has 0 aliphatic heterocycles. The summed E-state index contributed by atoms with van der Waals surface area (Å²) in [6.45, 7) is 0.328. The van der Waals surface area contributed by atoms with Crippen LogP contribution in [0.1, 0.15) is 38.5 Å². The topological polar surface area (TPSA) is 21.3 Å². The van der Waals surface area contributed by atoms with Crippen molar-refractivity contribution >= 4 is 0 Å². The molecule has 1 fully saturated rings. The van der Waals surface area contributed by atoms with Gasteiger partial charge in [0, 0.05) is 18.7 Å². The fourth-order valence-corrected chi connectivity index (χ4v) is 2.58. The summed E-state index contributed by atoms with van der Waals surface area (Å²) in [7, 11) is 0. The van der Waals surface area contributed by atoms with Crippen molar-refractivity contribution in [2.45, 2.75) is 44.6 Å². The Hall–Kier alpha value is -1.30. The predicted molar refractivity (Wildman–Crippen MR) is 71.3 cm³/mol. The van der Waals surface area contributed by atoms with E-state index in [-0.39, 0.29) is 12.7 Å². The Kier molecular flexibility index (Phi) is 5.85. The smallest absolute Gasteiger partial charge is 0.203 e. The lowest BCUT2D eigenvalue weighted by Crippen LogP contribution is -2.32. The Labute approximate surface area is 121 Å². The average Bonchev–Trinajstić information content (AvgIpc) is 2.73. The molecule has 0 radical (unpaired) electrons. The fraction of sp³-hybridized carbons (Fsp3) is 0.600. The first-order chi connectivity index (χ1) is 10.1. The Morgan fingerprint density at radius 2 is 1.52 bits per heavy atom. The van der Waals surface area contributed by atoms with Crippen molar-refractivity contribution in [1.29, 1.82) is 0 Å². The van der Waals surface area contributed by atoms with E-state index in [0.29, 0.717) is 12.6 Å². The van der Waals surface area contributed by atoms with Gasteiger partial charge in [0.2, 0.25) is 11.6 Å². The molecule has 2 nitrogen and oxygen atoms in total. The number of hydrogen-bond donors (Lipinski definition) is 1. The summed E-state index contributed by atoms with van der Waals surface area (Å²) in [5.41, 5.74) is 0. The molecule has 0 unspecified atom stereocenters. The molecule has 1 saturated carbocycles. The normalized spacial score (nSPS) is 16.8. The van der Waals surface area contributed by atoms with Crippen molar-refractivity contribution < 1.29 is 22.3 Å². The van der Waals surface area contributed by atoms with Gasteiger partial charge < -0.3 is 10.1 Å². The van der Waals surface area contributed by atoms with Gasteiger partial charge >= 0.3 is 0 Å². The van der Waals surface area contributed by atoms with Crippen LogP contribution in [0.25, 0.3) is 0 Å². The molecule has 6 heteroatoms. The van der Waals surface area contributed by atoms with Crippen molar-refractivity contribution in [3.8, 4) is 5.75 Å². The van der Waals surface area contributed by atoms with Crippen LogP contribution in [0, 0.1) is 23.3 Å². The first-order valence-electron chi connectivity index (χ1n) is 7.28. The molecule has 1 N–H and O–H groups in total. The van der Waals surface area contributed by atoms with Crippen LogP contribution >= 0.6 is 0 Å². The van der Waals surface area contributed by atoms with Crippen molar-refractivity contribution in [1.82, 2.24) is 5.32 Å². The van der Waals surface area contributed by atoms with E-state index >= 15 is 0 Å². The van der Waals surface area contributed by atoms with E-state index in [9.17, 15) is 17.6 Å². The number of nitrogens with one attached hydrogen (secondary N) is 1. The fourth-order valence-electron chi connectivity index (χ4n) is 2.58. The van der Waals surface area contributed by atoms with Crippen LogP contribution in [0.15, 0.2) is 6.07 Å². The van der Waals surface area contributed by atoms with Gasteiger partial charge in [-0.25, -0.2) is 8.78 Å². The first-order valence-corrected chi connectivity index (χ1v) is 7.28. The van der Waals surface area contributed by atoms with E-state index in [1.165, 1.54) is 12.8 Å². The molecular formula is C15H19F4NO. The number of rotatable bonds is 5. The van der Waals surface area contributed by atoms with Gasteiger partial charge in [0.15, 0.2) is 17.4 Å². The maximum absolute atomic E-state index is 13.4. The zero-order valence-corrected chi connectivity index (χ0v) is 11.7. The minimum absolute atomic E-state index is 0.0484. The van der Waals surface area contributed by atoms with E-state index in [4.69, 9.17) is 4.74 Å². The molecule has 0 aromatic heterocycles. The second-order valence-corrected chi connectivity index (χ2v) is 5.29. The second kappa shape index (κ2) is 7.64. The van der Waals surface area contributed by atoms with Crippen molar-refractivity contribution in [2.24, 2.45) is 0 Å². The molecule has 21 heavy (non-hydrogen) atoms. The van der Waals surface area contributed by atoms with E-state index < -0.39 is 29.0 Å². The third kappa shape index (κ3) is 4.33. The lowest BCUT2D eigenvalue weighted by molar-refractivity contribution is 0.263. The third-order valence-electron chi connectivity index (χ3n) is 3.71. The molecule has 2 rings (SSSR count). The quantitative estimate of drug-likeness (QED) is 0.385. The third-order valence-corrected chi connectivity index (χ3v) is 3.71. The van der Waals surface area contributed by atoms with Gasteiger partial charge in [-0.2, -0.15) is 8.78 Å². The summed E-state index contributed by atoms with van der Waals surface area (Å²) < 4.78 is 57.5. The van der Waals surface area contributed by atoms with Crippen LogP contribution < -0.4 is 10.1 Å². The SMILES string of the molecule is Fc1cc(F)c(F)c(OCCNC2CCCCCC2)c1F. The van der Waals surface area contributed by atoms with E-state index in [1.807, 2.05) is 0 Å². The minimum Gasteiger partial charge on any atom is -0.486 e. The molecule has 1 aromatic carbocycles. The number of benzene rings is 1. The standard InChI is InChI=1S/C15H19F4NO/c16-11-9-12(17)14(19)15(13(11)18)21-8-7-20-10-5-3-1-2-4-6-10/h9-10,20H,1-8H2. The number of halogens is 4. The Morgan fingerprint density at radius 1 is 0.952 bits per heavy atom.